The van der Waals surface area contributed by atoms with E-state index in [1.807, 2.05) is 66.1 Å². The number of aryl methyl sites for hydroxylation is 1. The van der Waals surface area contributed by atoms with Gasteiger partial charge in [-0.15, -0.1) is 5.10 Å². The summed E-state index contributed by atoms with van der Waals surface area (Å²) < 4.78 is 2.00. The average Bonchev–Trinajstić information content (AvgIpc) is 3.23. The molecule has 0 unspecified atom stereocenters. The molecule has 0 aliphatic heterocycles. The maximum Gasteiger partial charge on any atom is 0.342 e. The van der Waals surface area contributed by atoms with Crippen LogP contribution in [0, 0.1) is 6.92 Å². The second-order valence-electron chi connectivity index (χ2n) is 7.07. The molecule has 4 rings (SSSR count). The molecule has 0 radical (unpaired) electrons. The lowest BCUT2D eigenvalue weighted by molar-refractivity contribution is -0.625. The summed E-state index contributed by atoms with van der Waals surface area (Å²) in [5.74, 6) is 0.858. The molecule has 32 heavy (non-hydrogen) atoms. The monoisotopic (exact) mass is 444 g/mol. The van der Waals surface area contributed by atoms with Crippen molar-refractivity contribution in [2.45, 2.75) is 12.1 Å². The van der Waals surface area contributed by atoms with Crippen LogP contribution < -0.4 is 9.99 Å². The van der Waals surface area contributed by atoms with Crippen LogP contribution in [0.4, 0.5) is 0 Å². The Morgan fingerprint density at radius 2 is 1.91 bits per heavy atom. The Balaban J connectivity index is 1.50. The van der Waals surface area contributed by atoms with Crippen molar-refractivity contribution in [2.75, 3.05) is 5.75 Å². The van der Waals surface area contributed by atoms with E-state index in [0.29, 0.717) is 10.7 Å². The molecule has 8 heteroatoms. The standard InChI is InChI=1S/C24H21N5O2S/c1-17-10-12-20(13-11-17)29-23(19-7-3-2-4-8-19)27-28-24(29)32-16-22(31)26-25-15-18-6-5-9-21(30)14-18/h2-15H,16H2,1H3,(H2,26,30,31)/p+1. The van der Waals surface area contributed by atoms with Gasteiger partial charge in [-0.1, -0.05) is 48.0 Å². The Hall–Kier alpha value is -3.91. The Labute approximate surface area is 189 Å². The Kier molecular flexibility index (Phi) is 6.62. The van der Waals surface area contributed by atoms with Crippen molar-refractivity contribution in [2.24, 2.45) is 5.10 Å². The Morgan fingerprint density at radius 3 is 2.66 bits per heavy atom. The molecule has 0 saturated carbocycles. The highest BCUT2D eigenvalue weighted by Crippen LogP contribution is 2.20. The van der Waals surface area contributed by atoms with Crippen LogP contribution >= 0.6 is 11.8 Å². The summed E-state index contributed by atoms with van der Waals surface area (Å²) in [6.07, 6.45) is 1.48. The van der Waals surface area contributed by atoms with Gasteiger partial charge in [0.15, 0.2) is 0 Å². The normalized spacial score (nSPS) is 11.0. The van der Waals surface area contributed by atoms with Crippen LogP contribution in [0.3, 0.4) is 0 Å². The van der Waals surface area contributed by atoms with Crippen LogP contribution in [-0.2, 0) is 4.79 Å². The fourth-order valence-corrected chi connectivity index (χ4v) is 3.82. The van der Waals surface area contributed by atoms with E-state index in [-0.39, 0.29) is 17.4 Å². The van der Waals surface area contributed by atoms with Crippen LogP contribution in [0.15, 0.2) is 89.1 Å². The topological polar surface area (TPSA) is 94.2 Å². The zero-order chi connectivity index (χ0) is 22.3. The molecule has 0 bridgehead atoms. The van der Waals surface area contributed by atoms with Crippen molar-refractivity contribution in [1.29, 1.82) is 0 Å². The first-order valence-electron chi connectivity index (χ1n) is 9.97. The number of hydrogen-bond donors (Lipinski definition) is 3. The van der Waals surface area contributed by atoms with Crippen LogP contribution in [0.25, 0.3) is 17.1 Å². The van der Waals surface area contributed by atoms with Gasteiger partial charge in [0.25, 0.3) is 11.7 Å². The lowest BCUT2D eigenvalue weighted by Gasteiger charge is -2.05. The number of H-pyrrole nitrogens is 1. The molecule has 3 aromatic carbocycles. The number of carbonyl (C=O) groups excluding carboxylic acids is 1. The summed E-state index contributed by atoms with van der Waals surface area (Å²) in [6, 6.07) is 24.7. The number of phenols is 1. The third kappa shape index (κ3) is 5.22. The number of thioether (sulfide) groups is 1. The molecule has 0 fully saturated rings. The minimum Gasteiger partial charge on any atom is -0.508 e. The van der Waals surface area contributed by atoms with Gasteiger partial charge in [0, 0.05) is 0 Å². The number of amides is 1. The van der Waals surface area contributed by atoms with Gasteiger partial charge in [-0.3, -0.25) is 4.79 Å². The molecule has 0 aliphatic carbocycles. The number of hydrogen-bond acceptors (Lipinski definition) is 5. The van der Waals surface area contributed by atoms with Crippen molar-refractivity contribution in [3.05, 3.63) is 90.0 Å². The second kappa shape index (κ2) is 9.93. The number of rotatable bonds is 7. The lowest BCUT2D eigenvalue weighted by atomic mass is 10.2. The Morgan fingerprint density at radius 1 is 1.12 bits per heavy atom. The molecular formula is C24H22N5O2S+. The molecule has 4 aromatic rings. The van der Waals surface area contributed by atoms with Crippen molar-refractivity contribution >= 4 is 23.9 Å². The molecular weight excluding hydrogens is 422 g/mol. The third-order valence-corrected chi connectivity index (χ3v) is 5.56. The van der Waals surface area contributed by atoms with Crippen LogP contribution in [0.5, 0.6) is 5.75 Å². The largest absolute Gasteiger partial charge is 0.508 e. The van der Waals surface area contributed by atoms with Gasteiger partial charge < -0.3 is 5.11 Å². The average molecular weight is 445 g/mol. The third-order valence-electron chi connectivity index (χ3n) is 4.62. The first-order chi connectivity index (χ1) is 15.6. The fraction of sp³-hybridized carbons (Fsp3) is 0.0833. The molecule has 1 aromatic heterocycles. The number of nitrogens with one attached hydrogen (secondary N) is 2. The van der Waals surface area contributed by atoms with Gasteiger partial charge in [0.2, 0.25) is 0 Å². The number of aromatic nitrogens is 3. The van der Waals surface area contributed by atoms with Gasteiger partial charge in [0.1, 0.15) is 11.4 Å². The predicted molar refractivity (Wildman–Crippen MR) is 125 cm³/mol. The molecule has 1 amide bonds. The molecule has 7 nitrogen and oxygen atoms in total. The number of nitrogens with zero attached hydrogens (tertiary/aromatic N) is 3. The van der Waals surface area contributed by atoms with Gasteiger partial charge in [0.05, 0.1) is 22.6 Å². The highest BCUT2D eigenvalue weighted by atomic mass is 32.2. The second-order valence-corrected chi connectivity index (χ2v) is 8.01. The van der Waals surface area contributed by atoms with Gasteiger partial charge in [-0.2, -0.15) is 9.67 Å². The van der Waals surface area contributed by atoms with E-state index in [1.165, 1.54) is 18.0 Å². The van der Waals surface area contributed by atoms with E-state index in [1.54, 1.807) is 24.3 Å². The van der Waals surface area contributed by atoms with Crippen LogP contribution in [-0.4, -0.2) is 33.2 Å². The summed E-state index contributed by atoms with van der Waals surface area (Å²) in [7, 11) is 0. The molecule has 0 atom stereocenters. The molecule has 0 saturated heterocycles. The van der Waals surface area contributed by atoms with Crippen molar-refractivity contribution in [1.82, 2.24) is 15.6 Å². The maximum atomic E-state index is 12.3. The smallest absolute Gasteiger partial charge is 0.342 e. The van der Waals surface area contributed by atoms with E-state index in [2.05, 4.69) is 20.7 Å². The minimum atomic E-state index is -0.258. The number of aromatic hydroxyl groups is 1. The van der Waals surface area contributed by atoms with Crippen molar-refractivity contribution in [3.63, 3.8) is 0 Å². The van der Waals surface area contributed by atoms with Gasteiger partial charge in [-0.05, 0) is 60.6 Å². The summed E-state index contributed by atoms with van der Waals surface area (Å²) in [4.78, 5) is 12.3. The number of phenolic OH excluding ortho intramolecular Hbond substituents is 1. The fourth-order valence-electron chi connectivity index (χ4n) is 3.06. The van der Waals surface area contributed by atoms with E-state index >= 15 is 0 Å². The highest BCUT2D eigenvalue weighted by Gasteiger charge is 2.24. The molecule has 3 N–H and O–H groups in total. The first kappa shape index (κ1) is 21.3. The molecule has 0 aliphatic rings. The zero-order valence-corrected chi connectivity index (χ0v) is 18.2. The number of benzene rings is 3. The maximum absolute atomic E-state index is 12.3. The summed E-state index contributed by atoms with van der Waals surface area (Å²) in [6.45, 7) is 2.04. The van der Waals surface area contributed by atoms with E-state index < -0.39 is 0 Å². The zero-order valence-electron chi connectivity index (χ0n) is 17.4. The van der Waals surface area contributed by atoms with E-state index in [0.717, 1.165) is 22.6 Å². The molecule has 1 heterocycles. The lowest BCUT2D eigenvalue weighted by Crippen LogP contribution is -2.34. The number of carbonyl (C=O) groups is 1. The van der Waals surface area contributed by atoms with Crippen molar-refractivity contribution < 1.29 is 14.5 Å². The predicted octanol–water partition coefficient (Wildman–Crippen LogP) is 3.61. The first-order valence-corrected chi connectivity index (χ1v) is 11.0. The Bertz CT molecular complexity index is 1240. The van der Waals surface area contributed by atoms with Gasteiger partial charge >= 0.3 is 5.16 Å². The molecule has 0 spiro atoms. The van der Waals surface area contributed by atoms with E-state index in [4.69, 9.17) is 0 Å². The molecule has 160 valence electrons. The van der Waals surface area contributed by atoms with Gasteiger partial charge in [-0.25, -0.2) is 5.43 Å². The quantitative estimate of drug-likeness (QED) is 0.176. The van der Waals surface area contributed by atoms with Crippen LogP contribution in [0.1, 0.15) is 11.1 Å². The summed E-state index contributed by atoms with van der Waals surface area (Å²) in [5.41, 5.74) is 6.31. The van der Waals surface area contributed by atoms with Crippen molar-refractivity contribution in [3.8, 4) is 22.8 Å². The highest BCUT2D eigenvalue weighted by molar-refractivity contribution is 7.99. The summed E-state index contributed by atoms with van der Waals surface area (Å²) >= 11 is 1.31. The van der Waals surface area contributed by atoms with E-state index in [9.17, 15) is 9.90 Å². The van der Waals surface area contributed by atoms with Crippen LogP contribution in [0.2, 0.25) is 0 Å². The minimum absolute atomic E-state index is 0.141. The number of hydrazone groups is 1. The summed E-state index contributed by atoms with van der Waals surface area (Å²) in [5, 5.41) is 21.7. The number of aromatic amines is 1. The SMILES string of the molecule is Cc1ccc(-[n+]2c(SCC(=O)NN=Cc3cccc(O)c3)n[nH]c2-c2ccccc2)cc1.